The molecule has 1 amide bonds. The standard InChI is InChI=1S/C24H19Cl3F2N8O/c1-12-21-16(22(28)29)6-19(14-7-30-35(2)8-14)31-24(21)37(33-12)11-20(38)32-23-18(27)10-36(34-23)9-13-3-4-15(25)5-17(13)26/h3-8,10,22H,9,11H2,1-2H3,(H,32,34,38). The number of carbonyl (C=O) groups is 1. The topological polar surface area (TPSA) is 95.5 Å². The highest BCUT2D eigenvalue weighted by atomic mass is 35.5. The lowest BCUT2D eigenvalue weighted by atomic mass is 10.1. The van der Waals surface area contributed by atoms with Gasteiger partial charge in [0.25, 0.3) is 6.43 Å². The van der Waals surface area contributed by atoms with Gasteiger partial charge in [-0.25, -0.2) is 18.4 Å². The Morgan fingerprint density at radius 2 is 1.89 bits per heavy atom. The van der Waals surface area contributed by atoms with Gasteiger partial charge in [0.1, 0.15) is 11.6 Å². The Morgan fingerprint density at radius 1 is 1.11 bits per heavy atom. The fourth-order valence-corrected chi connectivity index (χ4v) is 4.73. The number of hydrogen-bond acceptors (Lipinski definition) is 5. The number of aromatic nitrogens is 7. The normalized spacial score (nSPS) is 11.6. The molecular weight excluding hydrogens is 561 g/mol. The molecule has 0 spiro atoms. The molecule has 0 radical (unpaired) electrons. The summed E-state index contributed by atoms with van der Waals surface area (Å²) in [5.74, 6) is -0.384. The van der Waals surface area contributed by atoms with Crippen molar-refractivity contribution in [2.24, 2.45) is 7.05 Å². The third-order valence-corrected chi connectivity index (χ3v) is 6.62. The van der Waals surface area contributed by atoms with Crippen LogP contribution in [0.25, 0.3) is 22.3 Å². The molecule has 0 aliphatic carbocycles. The molecule has 0 saturated heterocycles. The number of carbonyl (C=O) groups excluding carboxylic acids is 1. The molecule has 5 aromatic rings. The highest BCUT2D eigenvalue weighted by Gasteiger charge is 2.23. The molecule has 4 aromatic heterocycles. The summed E-state index contributed by atoms with van der Waals surface area (Å²) in [4.78, 5) is 17.5. The second-order valence-electron chi connectivity index (χ2n) is 8.55. The van der Waals surface area contributed by atoms with Crippen molar-refractivity contribution < 1.29 is 13.6 Å². The fourth-order valence-electron chi connectivity index (χ4n) is 4.07. The number of pyridine rings is 1. The van der Waals surface area contributed by atoms with Gasteiger partial charge >= 0.3 is 0 Å². The van der Waals surface area contributed by atoms with E-state index < -0.39 is 12.3 Å². The number of rotatable bonds is 7. The number of alkyl halides is 2. The molecule has 1 aromatic carbocycles. The van der Waals surface area contributed by atoms with Crippen LogP contribution in [0.4, 0.5) is 14.6 Å². The second-order valence-corrected chi connectivity index (χ2v) is 9.80. The van der Waals surface area contributed by atoms with Gasteiger partial charge in [-0.05, 0) is 30.7 Å². The largest absolute Gasteiger partial charge is 0.306 e. The number of fused-ring (bicyclic) bond motifs is 1. The highest BCUT2D eigenvalue weighted by Crippen LogP contribution is 2.33. The number of hydrogen-bond donors (Lipinski definition) is 1. The molecule has 9 nitrogen and oxygen atoms in total. The van der Waals surface area contributed by atoms with Crippen LogP contribution >= 0.6 is 34.8 Å². The molecule has 1 N–H and O–H groups in total. The van der Waals surface area contributed by atoms with Gasteiger partial charge in [-0.15, -0.1) is 0 Å². The maximum absolute atomic E-state index is 14.0. The smallest absolute Gasteiger partial charge is 0.264 e. The summed E-state index contributed by atoms with van der Waals surface area (Å²) in [6, 6.07) is 6.42. The first kappa shape index (κ1) is 26.1. The third kappa shape index (κ3) is 5.22. The van der Waals surface area contributed by atoms with Crippen molar-refractivity contribution in [1.29, 1.82) is 0 Å². The molecule has 0 fully saturated rings. The molecule has 0 atom stereocenters. The Labute approximate surface area is 229 Å². The van der Waals surface area contributed by atoms with Crippen LogP contribution in [0.5, 0.6) is 0 Å². The second kappa shape index (κ2) is 10.3. The van der Waals surface area contributed by atoms with Crippen LogP contribution in [-0.4, -0.2) is 40.2 Å². The van der Waals surface area contributed by atoms with Crippen LogP contribution in [-0.2, 0) is 24.9 Å². The van der Waals surface area contributed by atoms with Crippen LogP contribution in [0.2, 0.25) is 15.1 Å². The lowest BCUT2D eigenvalue weighted by Crippen LogP contribution is -2.20. The van der Waals surface area contributed by atoms with Crippen molar-refractivity contribution in [2.75, 3.05) is 5.32 Å². The molecule has 0 bridgehead atoms. The number of amides is 1. The number of aryl methyl sites for hydroxylation is 2. The minimum Gasteiger partial charge on any atom is -0.306 e. The van der Waals surface area contributed by atoms with Crippen molar-refractivity contribution >= 4 is 57.6 Å². The van der Waals surface area contributed by atoms with E-state index in [4.69, 9.17) is 34.8 Å². The predicted octanol–water partition coefficient (Wildman–Crippen LogP) is 5.92. The van der Waals surface area contributed by atoms with Crippen molar-refractivity contribution in [3.8, 4) is 11.3 Å². The van der Waals surface area contributed by atoms with E-state index >= 15 is 0 Å². The zero-order chi connectivity index (χ0) is 27.1. The van der Waals surface area contributed by atoms with Crippen molar-refractivity contribution in [2.45, 2.75) is 26.4 Å². The zero-order valence-electron chi connectivity index (χ0n) is 20.0. The number of anilines is 1. The Hall–Kier alpha value is -3.54. The van der Waals surface area contributed by atoms with Crippen LogP contribution in [0, 0.1) is 6.92 Å². The first-order chi connectivity index (χ1) is 18.1. The maximum atomic E-state index is 14.0. The van der Waals surface area contributed by atoms with Gasteiger partial charge in [0.05, 0.1) is 29.5 Å². The lowest BCUT2D eigenvalue weighted by molar-refractivity contribution is -0.116. The molecule has 0 aliphatic heterocycles. The summed E-state index contributed by atoms with van der Waals surface area (Å²) in [5.41, 5.74) is 1.88. The van der Waals surface area contributed by atoms with Gasteiger partial charge in [0.2, 0.25) is 5.91 Å². The molecular formula is C24H19Cl3F2N8O. The fraction of sp³-hybridized carbons (Fsp3) is 0.208. The predicted molar refractivity (Wildman–Crippen MR) is 141 cm³/mol. The zero-order valence-corrected chi connectivity index (χ0v) is 22.2. The lowest BCUT2D eigenvalue weighted by Gasteiger charge is -2.08. The average molecular weight is 580 g/mol. The van der Waals surface area contributed by atoms with Gasteiger partial charge < -0.3 is 5.32 Å². The maximum Gasteiger partial charge on any atom is 0.264 e. The molecule has 196 valence electrons. The van der Waals surface area contributed by atoms with E-state index in [1.807, 2.05) is 0 Å². The first-order valence-corrected chi connectivity index (χ1v) is 12.3. The molecule has 0 saturated carbocycles. The number of halogens is 5. The molecule has 0 aliphatic rings. The number of benzene rings is 1. The summed E-state index contributed by atoms with van der Waals surface area (Å²) in [6.07, 6.45) is 1.98. The summed E-state index contributed by atoms with van der Waals surface area (Å²) in [5, 5.41) is 16.7. The van der Waals surface area contributed by atoms with Crippen molar-refractivity contribution in [3.05, 3.63) is 74.7 Å². The Bertz CT molecular complexity index is 1680. The van der Waals surface area contributed by atoms with Gasteiger partial charge in [0.15, 0.2) is 11.5 Å². The minimum atomic E-state index is -2.77. The van der Waals surface area contributed by atoms with E-state index in [9.17, 15) is 13.6 Å². The van der Waals surface area contributed by atoms with E-state index in [-0.39, 0.29) is 34.0 Å². The van der Waals surface area contributed by atoms with E-state index in [0.29, 0.717) is 33.5 Å². The minimum absolute atomic E-state index is 0.132. The van der Waals surface area contributed by atoms with E-state index in [1.165, 1.54) is 21.6 Å². The van der Waals surface area contributed by atoms with E-state index in [1.54, 1.807) is 49.2 Å². The Balaban J connectivity index is 1.41. The molecule has 0 unspecified atom stereocenters. The van der Waals surface area contributed by atoms with Crippen LogP contribution in [0.1, 0.15) is 23.2 Å². The molecule has 14 heteroatoms. The summed E-state index contributed by atoms with van der Waals surface area (Å²) >= 11 is 18.5. The number of nitrogens with zero attached hydrogens (tertiary/aromatic N) is 7. The third-order valence-electron chi connectivity index (χ3n) is 5.76. The van der Waals surface area contributed by atoms with E-state index in [0.717, 1.165) is 5.56 Å². The molecule has 4 heterocycles. The highest BCUT2D eigenvalue weighted by molar-refractivity contribution is 6.35. The Morgan fingerprint density at radius 3 is 2.58 bits per heavy atom. The molecule has 5 rings (SSSR count). The van der Waals surface area contributed by atoms with Crippen LogP contribution in [0.3, 0.4) is 0 Å². The van der Waals surface area contributed by atoms with E-state index in [2.05, 4.69) is 25.6 Å². The Kier molecular flexibility index (Phi) is 7.08. The average Bonchev–Trinajstić information content (AvgIpc) is 3.52. The van der Waals surface area contributed by atoms with Crippen LogP contribution < -0.4 is 5.32 Å². The number of nitrogens with one attached hydrogen (secondary N) is 1. The van der Waals surface area contributed by atoms with Gasteiger partial charge in [-0.2, -0.15) is 15.3 Å². The first-order valence-electron chi connectivity index (χ1n) is 11.2. The summed E-state index contributed by atoms with van der Waals surface area (Å²) in [6.45, 7) is 1.59. The summed E-state index contributed by atoms with van der Waals surface area (Å²) < 4.78 is 32.3. The van der Waals surface area contributed by atoms with Crippen molar-refractivity contribution in [1.82, 2.24) is 34.3 Å². The van der Waals surface area contributed by atoms with Crippen molar-refractivity contribution in [3.63, 3.8) is 0 Å². The van der Waals surface area contributed by atoms with Crippen LogP contribution in [0.15, 0.2) is 42.9 Å². The van der Waals surface area contributed by atoms with Gasteiger partial charge in [0, 0.05) is 40.6 Å². The summed E-state index contributed by atoms with van der Waals surface area (Å²) in [7, 11) is 1.71. The quantitative estimate of drug-likeness (QED) is 0.258. The van der Waals surface area contributed by atoms with Gasteiger partial charge in [-0.3, -0.25) is 14.2 Å². The van der Waals surface area contributed by atoms with Gasteiger partial charge in [-0.1, -0.05) is 40.9 Å². The molecule has 38 heavy (non-hydrogen) atoms. The monoisotopic (exact) mass is 578 g/mol. The SMILES string of the molecule is Cc1nn(CC(=O)Nc2nn(Cc3ccc(Cl)cc3Cl)cc2Cl)c2nc(-c3cnn(C)c3)cc(C(F)F)c12.